The van der Waals surface area contributed by atoms with E-state index in [-0.39, 0.29) is 41.3 Å². The minimum atomic E-state index is -1.34. The molecule has 0 radical (unpaired) electrons. The van der Waals surface area contributed by atoms with Gasteiger partial charge in [-0.1, -0.05) is 34.1 Å². The number of phenolic OH excluding ortho intramolecular Hbond substituents is 2. The molecule has 6 atom stereocenters. The Kier molecular flexibility index (Phi) is 7.39. The number of aliphatic hydroxyl groups is 2. The Bertz CT molecular complexity index is 824. The van der Waals surface area contributed by atoms with E-state index in [0.29, 0.717) is 31.2 Å². The maximum atomic E-state index is 13.6. The number of epoxide rings is 1. The summed E-state index contributed by atoms with van der Waals surface area (Å²) in [5, 5.41) is 42.6. The van der Waals surface area contributed by atoms with Crippen LogP contribution < -0.4 is 4.74 Å². The fourth-order valence-electron chi connectivity index (χ4n) is 4.94. The van der Waals surface area contributed by atoms with Crippen LogP contribution in [0.25, 0.3) is 0 Å². The monoisotopic (exact) mass is 452 g/mol. The van der Waals surface area contributed by atoms with Gasteiger partial charge in [0.05, 0.1) is 31.0 Å². The minimum Gasteiger partial charge on any atom is -0.504 e. The minimum absolute atomic E-state index is 0.0377. The Labute approximate surface area is 189 Å². The van der Waals surface area contributed by atoms with Gasteiger partial charge < -0.3 is 34.6 Å². The zero-order valence-electron chi connectivity index (χ0n) is 19.5. The summed E-state index contributed by atoms with van der Waals surface area (Å²) in [5.74, 6) is -1.61. The second-order valence-corrected chi connectivity index (χ2v) is 9.32. The van der Waals surface area contributed by atoms with Gasteiger partial charge >= 0.3 is 0 Å². The van der Waals surface area contributed by atoms with Crippen molar-refractivity contribution in [2.75, 3.05) is 7.11 Å². The van der Waals surface area contributed by atoms with E-state index in [0.717, 1.165) is 0 Å². The summed E-state index contributed by atoms with van der Waals surface area (Å²) in [6, 6.07) is 1.51. The molecule has 0 saturated carbocycles. The summed E-state index contributed by atoms with van der Waals surface area (Å²) < 4.78 is 16.6. The van der Waals surface area contributed by atoms with Crippen LogP contribution in [0.4, 0.5) is 0 Å². The summed E-state index contributed by atoms with van der Waals surface area (Å²) in [4.78, 5) is 13.6. The second kappa shape index (κ2) is 9.55. The molecule has 0 aromatic heterocycles. The number of phenols is 2. The quantitative estimate of drug-likeness (QED) is 0.332. The van der Waals surface area contributed by atoms with Crippen LogP contribution in [0.2, 0.25) is 0 Å². The van der Waals surface area contributed by atoms with Crippen LogP contribution in [0.15, 0.2) is 6.07 Å². The van der Waals surface area contributed by atoms with E-state index < -0.39 is 35.8 Å². The Balaban J connectivity index is 1.93. The fourth-order valence-corrected chi connectivity index (χ4v) is 4.94. The predicted octanol–water partition coefficient (Wildman–Crippen LogP) is 2.92. The predicted molar refractivity (Wildman–Crippen MR) is 117 cm³/mol. The zero-order valence-corrected chi connectivity index (χ0v) is 19.5. The number of aromatic hydroxyl groups is 2. The number of methoxy groups -OCH3 is 1. The molecule has 2 heterocycles. The summed E-state index contributed by atoms with van der Waals surface area (Å²) in [6.45, 7) is 7.80. The normalized spacial score (nSPS) is 30.5. The molecule has 8 nitrogen and oxygen atoms in total. The largest absolute Gasteiger partial charge is 0.504 e. The van der Waals surface area contributed by atoms with E-state index in [2.05, 4.69) is 0 Å². The van der Waals surface area contributed by atoms with Gasteiger partial charge in [0, 0.05) is 12.3 Å². The fraction of sp³-hybridized carbons (Fsp3) is 0.708. The van der Waals surface area contributed by atoms with Gasteiger partial charge in [0.2, 0.25) is 5.75 Å². The van der Waals surface area contributed by atoms with Crippen molar-refractivity contribution in [1.82, 2.24) is 0 Å². The number of carbonyl (C=O) groups excluding carboxylic acids is 1. The van der Waals surface area contributed by atoms with Gasteiger partial charge in [-0.25, -0.2) is 0 Å². The number of carbonyl (C=O) groups is 1. The lowest BCUT2D eigenvalue weighted by atomic mass is 9.80. The molecule has 2 saturated heterocycles. The lowest BCUT2D eigenvalue weighted by molar-refractivity contribution is -0.239. The summed E-state index contributed by atoms with van der Waals surface area (Å²) >= 11 is 0. The highest BCUT2D eigenvalue weighted by Gasteiger charge is 2.68. The van der Waals surface area contributed by atoms with E-state index in [1.165, 1.54) is 13.2 Å². The molecule has 0 amide bonds. The van der Waals surface area contributed by atoms with E-state index in [1.807, 2.05) is 27.7 Å². The molecule has 1 aromatic carbocycles. The van der Waals surface area contributed by atoms with Gasteiger partial charge in [0.25, 0.3) is 0 Å². The number of rotatable bonds is 9. The van der Waals surface area contributed by atoms with Crippen molar-refractivity contribution < 1.29 is 39.4 Å². The van der Waals surface area contributed by atoms with Gasteiger partial charge in [-0.3, -0.25) is 4.79 Å². The van der Waals surface area contributed by atoms with Crippen molar-refractivity contribution >= 4 is 5.78 Å². The third-order valence-electron chi connectivity index (χ3n) is 6.62. The first-order chi connectivity index (χ1) is 15.1. The molecule has 180 valence electrons. The summed E-state index contributed by atoms with van der Waals surface area (Å²) in [5.41, 5.74) is -0.580. The molecule has 0 bridgehead atoms. The molecule has 0 aliphatic carbocycles. The van der Waals surface area contributed by atoms with Crippen LogP contribution in [0.5, 0.6) is 17.2 Å². The molecular weight excluding hydrogens is 416 g/mol. The highest BCUT2D eigenvalue weighted by molar-refractivity contribution is 6.02. The first kappa shape index (κ1) is 24.8. The van der Waals surface area contributed by atoms with Gasteiger partial charge in [0.15, 0.2) is 29.2 Å². The number of Topliss-reactive ketones (excluding diaryl/α,β-unsaturated/α-hetero) is 1. The lowest BCUT2D eigenvalue weighted by Crippen LogP contribution is -2.55. The number of hydrogen-bond acceptors (Lipinski definition) is 8. The Morgan fingerprint density at radius 2 is 1.94 bits per heavy atom. The van der Waals surface area contributed by atoms with Gasteiger partial charge in [-0.2, -0.15) is 0 Å². The molecule has 8 heteroatoms. The van der Waals surface area contributed by atoms with E-state index in [9.17, 15) is 25.2 Å². The third kappa shape index (κ3) is 4.21. The van der Waals surface area contributed by atoms with Crippen LogP contribution >= 0.6 is 0 Å². The maximum absolute atomic E-state index is 13.6. The average Bonchev–Trinajstić information content (AvgIpc) is 3.48. The second-order valence-electron chi connectivity index (χ2n) is 9.32. The Morgan fingerprint density at radius 3 is 2.44 bits per heavy atom. The standard InChI is InChI=1S/C24H36O8/c1-6-8-14(16-11-17(25)24(23(29)31-16)18(7-2)32-24)20(27)15-10-13(9-12(3)4)19(26)22(30-5)21(15)28/h10,12,14,16-18,23,25-26,28-29H,6-9,11H2,1-5H3/t14?,16-,17-,18+,23?,24?/m1/s1. The van der Waals surface area contributed by atoms with Crippen molar-refractivity contribution in [3.63, 3.8) is 0 Å². The first-order valence-electron chi connectivity index (χ1n) is 11.5. The zero-order chi connectivity index (χ0) is 23.8. The van der Waals surface area contributed by atoms with Crippen molar-refractivity contribution in [2.45, 2.75) is 90.0 Å². The molecule has 32 heavy (non-hydrogen) atoms. The molecular formula is C24H36O8. The highest BCUT2D eigenvalue weighted by atomic mass is 16.7. The van der Waals surface area contributed by atoms with E-state index >= 15 is 0 Å². The molecule has 2 aliphatic heterocycles. The SMILES string of the molecule is CCCC(C(=O)c1cc(CC(C)C)c(O)c(OC)c1O)[C@H]1C[C@@H](O)C2(O[C@H]2CC)C(O)O1. The molecule has 2 fully saturated rings. The third-order valence-corrected chi connectivity index (χ3v) is 6.62. The average molecular weight is 453 g/mol. The topological polar surface area (TPSA) is 129 Å². The summed E-state index contributed by atoms with van der Waals surface area (Å²) in [7, 11) is 1.32. The van der Waals surface area contributed by atoms with Crippen LogP contribution in [0.1, 0.15) is 69.3 Å². The first-order valence-corrected chi connectivity index (χ1v) is 11.5. The molecule has 3 unspecified atom stereocenters. The van der Waals surface area contributed by atoms with Crippen molar-refractivity contribution in [1.29, 1.82) is 0 Å². The van der Waals surface area contributed by atoms with Gasteiger partial charge in [-0.05, 0) is 36.8 Å². The lowest BCUT2D eigenvalue weighted by Gasteiger charge is -2.39. The van der Waals surface area contributed by atoms with Crippen LogP contribution in [0.3, 0.4) is 0 Å². The molecule has 4 N–H and O–H groups in total. The Hall–Kier alpha value is -1.87. The highest BCUT2D eigenvalue weighted by Crippen LogP contribution is 2.51. The van der Waals surface area contributed by atoms with Crippen LogP contribution in [-0.4, -0.2) is 63.5 Å². The van der Waals surface area contributed by atoms with Gasteiger partial charge in [-0.15, -0.1) is 0 Å². The van der Waals surface area contributed by atoms with Crippen molar-refractivity contribution in [3.8, 4) is 17.2 Å². The number of ether oxygens (including phenoxy) is 3. The Morgan fingerprint density at radius 1 is 1.25 bits per heavy atom. The molecule has 2 aliphatic rings. The molecule has 1 spiro atoms. The smallest absolute Gasteiger partial charge is 0.203 e. The van der Waals surface area contributed by atoms with Crippen LogP contribution in [-0.2, 0) is 15.9 Å². The summed E-state index contributed by atoms with van der Waals surface area (Å²) in [6.07, 6.45) is -0.951. The van der Waals surface area contributed by atoms with Gasteiger partial charge in [0.1, 0.15) is 0 Å². The van der Waals surface area contributed by atoms with E-state index in [1.54, 1.807) is 0 Å². The van der Waals surface area contributed by atoms with Crippen molar-refractivity contribution in [3.05, 3.63) is 17.2 Å². The maximum Gasteiger partial charge on any atom is 0.203 e. The number of ketones is 1. The van der Waals surface area contributed by atoms with Crippen LogP contribution in [0, 0.1) is 11.8 Å². The molecule has 3 rings (SSSR count). The molecule has 1 aromatic rings. The number of benzene rings is 1. The van der Waals surface area contributed by atoms with Crippen molar-refractivity contribution in [2.24, 2.45) is 11.8 Å². The van der Waals surface area contributed by atoms with E-state index in [4.69, 9.17) is 14.2 Å². The number of aliphatic hydroxyl groups excluding tert-OH is 2. The number of hydrogen-bond donors (Lipinski definition) is 4.